The van der Waals surface area contributed by atoms with E-state index in [4.69, 9.17) is 21.3 Å². The number of carbonyl (C=O) groups is 1. The van der Waals surface area contributed by atoms with Crippen molar-refractivity contribution in [3.8, 4) is 5.75 Å². The largest absolute Gasteiger partial charge is 0.494 e. The van der Waals surface area contributed by atoms with Crippen molar-refractivity contribution in [1.82, 2.24) is 24.7 Å². The molecule has 45 heavy (non-hydrogen) atoms. The highest BCUT2D eigenvalue weighted by Crippen LogP contribution is 2.39. The molecule has 0 aliphatic carbocycles. The van der Waals surface area contributed by atoms with Crippen LogP contribution in [0.3, 0.4) is 0 Å². The number of rotatable bonds is 9. The van der Waals surface area contributed by atoms with Crippen LogP contribution >= 0.6 is 11.6 Å². The number of amides is 1. The molecule has 1 amide bonds. The number of methoxy groups -OCH3 is 1. The monoisotopic (exact) mass is 633 g/mol. The highest BCUT2D eigenvalue weighted by atomic mass is 35.5. The third kappa shape index (κ3) is 6.34. The molecule has 11 nitrogen and oxygen atoms in total. The molecule has 2 fully saturated rings. The Labute approximate surface area is 271 Å². The molecular weight excluding hydrogens is 590 g/mol. The molecule has 240 valence electrons. The van der Waals surface area contributed by atoms with Crippen molar-refractivity contribution in [1.29, 1.82) is 0 Å². The minimum Gasteiger partial charge on any atom is -0.494 e. The Morgan fingerprint density at radius 3 is 2.47 bits per heavy atom. The van der Waals surface area contributed by atoms with E-state index in [0.29, 0.717) is 52.4 Å². The Balaban J connectivity index is 1.22. The molecule has 12 heteroatoms. The van der Waals surface area contributed by atoms with Gasteiger partial charge in [-0.3, -0.25) is 9.69 Å². The van der Waals surface area contributed by atoms with Crippen LogP contribution in [0.1, 0.15) is 36.2 Å². The van der Waals surface area contributed by atoms with Crippen molar-refractivity contribution in [3.05, 3.63) is 52.7 Å². The van der Waals surface area contributed by atoms with E-state index in [1.54, 1.807) is 18.2 Å². The molecule has 2 N–H and O–H groups in total. The van der Waals surface area contributed by atoms with Gasteiger partial charge in [0, 0.05) is 87.9 Å². The number of likely N-dealkylation sites (N-methyl/N-ethyl adjacent to an activating group) is 1. The summed E-state index contributed by atoms with van der Waals surface area (Å²) in [5.41, 5.74) is 5.37. The van der Waals surface area contributed by atoms with Crippen LogP contribution in [0.2, 0.25) is 5.02 Å². The lowest BCUT2D eigenvalue weighted by Gasteiger charge is -2.38. The molecule has 3 aromatic rings. The molecule has 0 saturated carbocycles. The molecule has 1 unspecified atom stereocenters. The lowest BCUT2D eigenvalue weighted by molar-refractivity contribution is 0.0817. The third-order valence-electron chi connectivity index (χ3n) is 9.32. The van der Waals surface area contributed by atoms with Gasteiger partial charge < -0.3 is 35.0 Å². The molecule has 0 spiro atoms. The van der Waals surface area contributed by atoms with E-state index in [0.717, 1.165) is 68.3 Å². The number of piperazine rings is 1. The molecule has 2 aromatic carbocycles. The number of nitrogens with zero attached hydrogens (tertiary/aromatic N) is 7. The fourth-order valence-corrected chi connectivity index (χ4v) is 6.70. The minimum absolute atomic E-state index is 0.0153. The molecule has 6 rings (SSSR count). The number of carbonyl (C=O) groups excluding carboxylic acids is 1. The van der Waals surface area contributed by atoms with Crippen molar-refractivity contribution in [3.63, 3.8) is 0 Å². The van der Waals surface area contributed by atoms with E-state index in [1.165, 1.54) is 0 Å². The number of aromatic nitrogens is 2. The fraction of sp³-hybridized carbons (Fsp3) is 0.485. The zero-order chi connectivity index (χ0) is 31.8. The first-order valence-electron chi connectivity index (χ1n) is 15.7. The van der Waals surface area contributed by atoms with Crippen LogP contribution in [0.5, 0.6) is 5.75 Å². The SMILES string of the molecule is COc1cc(N2CCC(N(C)C)C2)ccc1Nc1ncc(Cl)c(Nc2ccc(N3CCN(C(C)C)CC3)c3c2C(=O)N(C)C3)n1. The maximum absolute atomic E-state index is 13.4. The van der Waals surface area contributed by atoms with Gasteiger partial charge in [-0.1, -0.05) is 11.6 Å². The van der Waals surface area contributed by atoms with Crippen molar-refractivity contribution in [2.24, 2.45) is 0 Å². The summed E-state index contributed by atoms with van der Waals surface area (Å²) in [4.78, 5) is 33.8. The van der Waals surface area contributed by atoms with Gasteiger partial charge in [0.2, 0.25) is 5.95 Å². The molecule has 0 radical (unpaired) electrons. The third-order valence-corrected chi connectivity index (χ3v) is 9.59. The van der Waals surface area contributed by atoms with E-state index in [2.05, 4.69) is 75.3 Å². The Morgan fingerprint density at radius 2 is 1.78 bits per heavy atom. The van der Waals surface area contributed by atoms with Gasteiger partial charge in [0.25, 0.3) is 5.91 Å². The molecule has 1 atom stereocenters. The summed E-state index contributed by atoms with van der Waals surface area (Å²) in [5, 5.41) is 7.00. The Morgan fingerprint density at radius 1 is 1.02 bits per heavy atom. The van der Waals surface area contributed by atoms with Gasteiger partial charge in [0.15, 0.2) is 5.82 Å². The number of fused-ring (bicyclic) bond motifs is 1. The highest BCUT2D eigenvalue weighted by molar-refractivity contribution is 6.33. The minimum atomic E-state index is -0.0153. The first-order valence-corrected chi connectivity index (χ1v) is 16.1. The zero-order valence-electron chi connectivity index (χ0n) is 27.1. The molecule has 0 bridgehead atoms. The number of benzene rings is 2. The lowest BCUT2D eigenvalue weighted by atomic mass is 10.0. The van der Waals surface area contributed by atoms with Gasteiger partial charge in [0.05, 0.1) is 30.2 Å². The number of hydrogen-bond acceptors (Lipinski definition) is 10. The van der Waals surface area contributed by atoms with Crippen molar-refractivity contribution in [2.75, 3.05) is 88.0 Å². The van der Waals surface area contributed by atoms with E-state index >= 15 is 0 Å². The summed E-state index contributed by atoms with van der Waals surface area (Å²) >= 11 is 6.59. The summed E-state index contributed by atoms with van der Waals surface area (Å²) in [6.07, 6.45) is 2.69. The van der Waals surface area contributed by atoms with E-state index in [9.17, 15) is 4.79 Å². The van der Waals surface area contributed by atoms with Crippen molar-refractivity contribution in [2.45, 2.75) is 38.9 Å². The second-order valence-electron chi connectivity index (χ2n) is 12.6. The molecule has 1 aromatic heterocycles. The van der Waals surface area contributed by atoms with Gasteiger partial charge in [-0.2, -0.15) is 4.98 Å². The number of halogens is 1. The molecular formula is C33H44ClN9O2. The molecule has 3 aliphatic rings. The average molecular weight is 634 g/mol. The van der Waals surface area contributed by atoms with E-state index in [1.807, 2.05) is 25.2 Å². The number of nitrogens with one attached hydrogen (secondary N) is 2. The average Bonchev–Trinajstić information content (AvgIpc) is 3.64. The van der Waals surface area contributed by atoms with E-state index in [-0.39, 0.29) is 5.91 Å². The van der Waals surface area contributed by atoms with Gasteiger partial charge >= 0.3 is 0 Å². The van der Waals surface area contributed by atoms with Gasteiger partial charge in [-0.05, 0) is 58.6 Å². The summed E-state index contributed by atoms with van der Waals surface area (Å²) < 4.78 is 5.75. The standard InChI is InChI=1S/C33H44ClN9O2/c1-21(2)41-13-15-42(16-14-41)28-10-9-27(30-24(28)20-40(5)32(30)44)36-31-25(34)18-35-33(38-31)37-26-8-7-22(17-29(26)45-6)43-12-11-23(19-43)39(3)4/h7-10,17-18,21,23H,11-16,19-20H2,1-6H3,(H2,35,36,37,38). The first kappa shape index (κ1) is 31.2. The van der Waals surface area contributed by atoms with Gasteiger partial charge in [-0.15, -0.1) is 0 Å². The maximum atomic E-state index is 13.4. The summed E-state index contributed by atoms with van der Waals surface area (Å²) in [5.74, 6) is 1.46. The normalized spacial score (nSPS) is 18.7. The van der Waals surface area contributed by atoms with Crippen LogP contribution < -0.4 is 25.2 Å². The van der Waals surface area contributed by atoms with Crippen molar-refractivity contribution < 1.29 is 9.53 Å². The topological polar surface area (TPSA) is 92.3 Å². The summed E-state index contributed by atoms with van der Waals surface area (Å²) in [6.45, 7) is 10.9. The van der Waals surface area contributed by atoms with Crippen LogP contribution in [0.4, 0.5) is 34.5 Å². The van der Waals surface area contributed by atoms with Crippen molar-refractivity contribution >= 4 is 52.0 Å². The molecule has 3 aliphatic heterocycles. The number of ether oxygens (including phenoxy) is 1. The maximum Gasteiger partial charge on any atom is 0.256 e. The fourth-order valence-electron chi connectivity index (χ4n) is 6.56. The predicted octanol–water partition coefficient (Wildman–Crippen LogP) is 4.88. The predicted molar refractivity (Wildman–Crippen MR) is 182 cm³/mol. The summed E-state index contributed by atoms with van der Waals surface area (Å²) in [7, 11) is 7.77. The van der Waals surface area contributed by atoms with E-state index < -0.39 is 0 Å². The van der Waals surface area contributed by atoms with Gasteiger partial charge in [-0.25, -0.2) is 4.98 Å². The first-order chi connectivity index (χ1) is 21.6. The second kappa shape index (κ2) is 12.9. The molecule has 4 heterocycles. The Hall–Kier alpha value is -3.80. The van der Waals surface area contributed by atoms with Crippen LogP contribution in [-0.2, 0) is 6.54 Å². The quantitative estimate of drug-likeness (QED) is 0.340. The van der Waals surface area contributed by atoms with Crippen LogP contribution in [0.15, 0.2) is 36.5 Å². The van der Waals surface area contributed by atoms with Crippen LogP contribution in [-0.4, -0.2) is 110 Å². The van der Waals surface area contributed by atoms with Crippen LogP contribution in [0, 0.1) is 0 Å². The molecule has 2 saturated heterocycles. The Kier molecular flexibility index (Phi) is 8.94. The Bertz CT molecular complexity index is 1560. The second-order valence-corrected chi connectivity index (χ2v) is 13.0. The lowest BCUT2D eigenvalue weighted by Crippen LogP contribution is -2.49. The van der Waals surface area contributed by atoms with Gasteiger partial charge in [0.1, 0.15) is 10.8 Å². The zero-order valence-corrected chi connectivity index (χ0v) is 27.9. The summed E-state index contributed by atoms with van der Waals surface area (Å²) in [6, 6.07) is 11.3. The number of anilines is 6. The number of hydrogen-bond donors (Lipinski definition) is 2. The smallest absolute Gasteiger partial charge is 0.256 e. The highest BCUT2D eigenvalue weighted by Gasteiger charge is 2.33. The van der Waals surface area contributed by atoms with Crippen LogP contribution in [0.25, 0.3) is 0 Å².